The lowest BCUT2D eigenvalue weighted by Gasteiger charge is -2.03. The average Bonchev–Trinajstić information content (AvgIpc) is 2.14. The van der Waals surface area contributed by atoms with E-state index in [9.17, 15) is 23.3 Å². The van der Waals surface area contributed by atoms with Crippen LogP contribution in [0.3, 0.4) is 0 Å². The predicted molar refractivity (Wildman–Crippen MR) is 57.1 cm³/mol. The van der Waals surface area contributed by atoms with Crippen LogP contribution in [0.5, 0.6) is 0 Å². The van der Waals surface area contributed by atoms with Gasteiger partial charge in [-0.1, -0.05) is 0 Å². The number of rotatable bonds is 4. The van der Waals surface area contributed by atoms with Gasteiger partial charge in [-0.05, 0) is 6.07 Å². The standard InChI is InChI=1S/C8H10N2O5S/c1-16(14,15)6-5-9-4-2-3-7(8(9)11)10(12)13/h2-4H,5-6H2,1H3. The smallest absolute Gasteiger partial charge is 0.309 e. The first kappa shape index (κ1) is 12.4. The Hall–Kier alpha value is -1.70. The normalized spacial score (nSPS) is 11.3. The summed E-state index contributed by atoms with van der Waals surface area (Å²) in [5.41, 5.74) is -1.35. The van der Waals surface area contributed by atoms with Crippen LogP contribution in [0.1, 0.15) is 0 Å². The fourth-order valence-corrected chi connectivity index (χ4v) is 1.63. The van der Waals surface area contributed by atoms with Crippen LogP contribution in [0.4, 0.5) is 5.69 Å². The molecule has 0 saturated carbocycles. The third-order valence-corrected chi connectivity index (χ3v) is 2.82. The lowest BCUT2D eigenvalue weighted by Crippen LogP contribution is -2.24. The predicted octanol–water partition coefficient (Wildman–Crippen LogP) is -0.199. The van der Waals surface area contributed by atoms with Gasteiger partial charge in [0.05, 0.1) is 10.7 Å². The van der Waals surface area contributed by atoms with Gasteiger partial charge in [0.25, 0.3) is 0 Å². The molecule has 0 aliphatic carbocycles. The molecule has 0 aliphatic rings. The molecule has 0 radical (unpaired) electrons. The second kappa shape index (κ2) is 4.44. The van der Waals surface area contributed by atoms with Gasteiger partial charge in [0.2, 0.25) is 0 Å². The first-order valence-electron chi connectivity index (χ1n) is 4.33. The second-order valence-electron chi connectivity index (χ2n) is 3.28. The van der Waals surface area contributed by atoms with Crippen LogP contribution >= 0.6 is 0 Å². The van der Waals surface area contributed by atoms with E-state index < -0.39 is 26.0 Å². The molecule has 8 heteroatoms. The lowest BCUT2D eigenvalue weighted by atomic mass is 10.4. The van der Waals surface area contributed by atoms with Gasteiger partial charge in [-0.2, -0.15) is 0 Å². The molecule has 0 saturated heterocycles. The van der Waals surface area contributed by atoms with Gasteiger partial charge in [0, 0.05) is 25.1 Å². The molecule has 88 valence electrons. The number of nitro groups is 1. The third-order valence-electron chi connectivity index (χ3n) is 1.90. The number of hydrogen-bond acceptors (Lipinski definition) is 5. The summed E-state index contributed by atoms with van der Waals surface area (Å²) in [6, 6.07) is 2.42. The van der Waals surface area contributed by atoms with Crippen LogP contribution in [0, 0.1) is 10.1 Å². The van der Waals surface area contributed by atoms with Crippen molar-refractivity contribution in [2.24, 2.45) is 0 Å². The quantitative estimate of drug-likeness (QED) is 0.541. The molecule has 1 aromatic heterocycles. The number of pyridine rings is 1. The van der Waals surface area contributed by atoms with Gasteiger partial charge in [0.1, 0.15) is 9.84 Å². The molecule has 1 heterocycles. The first-order valence-corrected chi connectivity index (χ1v) is 6.39. The maximum Gasteiger partial charge on any atom is 0.334 e. The summed E-state index contributed by atoms with van der Waals surface area (Å²) in [6.45, 7) is -0.0840. The Morgan fingerprint density at radius 3 is 2.62 bits per heavy atom. The Morgan fingerprint density at radius 1 is 1.50 bits per heavy atom. The van der Waals surface area contributed by atoms with E-state index in [-0.39, 0.29) is 12.3 Å². The van der Waals surface area contributed by atoms with E-state index in [4.69, 9.17) is 0 Å². The van der Waals surface area contributed by atoms with E-state index >= 15 is 0 Å². The van der Waals surface area contributed by atoms with Crippen molar-refractivity contribution in [1.29, 1.82) is 0 Å². The van der Waals surface area contributed by atoms with Crippen molar-refractivity contribution in [3.8, 4) is 0 Å². The molecule has 0 aromatic carbocycles. The molecule has 0 atom stereocenters. The van der Waals surface area contributed by atoms with E-state index in [1.807, 2.05) is 0 Å². The minimum Gasteiger partial charge on any atom is -0.309 e. The summed E-state index contributed by atoms with van der Waals surface area (Å²) in [4.78, 5) is 21.1. The first-order chi connectivity index (χ1) is 7.31. The number of sulfone groups is 1. The summed E-state index contributed by atoms with van der Waals surface area (Å²) in [5.74, 6) is -0.228. The van der Waals surface area contributed by atoms with Crippen LogP contribution in [0.2, 0.25) is 0 Å². The zero-order chi connectivity index (χ0) is 12.3. The van der Waals surface area contributed by atoms with Crippen molar-refractivity contribution in [3.63, 3.8) is 0 Å². The van der Waals surface area contributed by atoms with Crippen LogP contribution in [0.25, 0.3) is 0 Å². The molecule has 0 fully saturated rings. The molecular weight excluding hydrogens is 236 g/mol. The third kappa shape index (κ3) is 3.16. The van der Waals surface area contributed by atoms with Crippen LogP contribution in [-0.2, 0) is 16.4 Å². The van der Waals surface area contributed by atoms with Crippen molar-refractivity contribution >= 4 is 15.5 Å². The number of aromatic nitrogens is 1. The Morgan fingerprint density at radius 2 is 2.12 bits per heavy atom. The molecule has 0 N–H and O–H groups in total. The van der Waals surface area contributed by atoms with Crippen LogP contribution in [-0.4, -0.2) is 29.9 Å². The number of nitrogens with zero attached hydrogens (tertiary/aromatic N) is 2. The van der Waals surface area contributed by atoms with Crippen LogP contribution < -0.4 is 5.56 Å². The summed E-state index contributed by atoms with van der Waals surface area (Å²) in [5, 5.41) is 10.4. The van der Waals surface area contributed by atoms with Crippen molar-refractivity contribution in [1.82, 2.24) is 4.57 Å². The fourth-order valence-electron chi connectivity index (χ4n) is 1.10. The molecule has 0 amide bonds. The minimum atomic E-state index is -3.20. The van der Waals surface area contributed by atoms with Gasteiger partial charge in [-0.25, -0.2) is 8.42 Å². The van der Waals surface area contributed by atoms with Crippen molar-refractivity contribution < 1.29 is 13.3 Å². The van der Waals surface area contributed by atoms with Gasteiger partial charge in [-0.3, -0.25) is 14.9 Å². The van der Waals surface area contributed by atoms with Gasteiger partial charge < -0.3 is 4.57 Å². The van der Waals surface area contributed by atoms with Crippen molar-refractivity contribution in [2.45, 2.75) is 6.54 Å². The fraction of sp³-hybridized carbons (Fsp3) is 0.375. The van der Waals surface area contributed by atoms with E-state index in [1.165, 1.54) is 12.3 Å². The van der Waals surface area contributed by atoms with E-state index in [0.29, 0.717) is 0 Å². The van der Waals surface area contributed by atoms with Gasteiger partial charge >= 0.3 is 11.2 Å². The van der Waals surface area contributed by atoms with E-state index in [1.54, 1.807) is 0 Å². The highest BCUT2D eigenvalue weighted by Crippen LogP contribution is 2.01. The highest BCUT2D eigenvalue weighted by atomic mass is 32.2. The molecule has 1 aromatic rings. The topological polar surface area (TPSA) is 99.3 Å². The maximum atomic E-state index is 11.5. The van der Waals surface area contributed by atoms with Gasteiger partial charge in [0.15, 0.2) is 0 Å². The van der Waals surface area contributed by atoms with Crippen molar-refractivity contribution in [3.05, 3.63) is 38.8 Å². The molecule has 16 heavy (non-hydrogen) atoms. The molecule has 0 bridgehead atoms. The summed E-state index contributed by atoms with van der Waals surface area (Å²) >= 11 is 0. The molecular formula is C8H10N2O5S. The monoisotopic (exact) mass is 246 g/mol. The summed E-state index contributed by atoms with van der Waals surface area (Å²) in [7, 11) is -3.20. The molecule has 0 spiro atoms. The van der Waals surface area contributed by atoms with E-state index in [2.05, 4.69) is 0 Å². The van der Waals surface area contributed by atoms with Crippen molar-refractivity contribution in [2.75, 3.05) is 12.0 Å². The summed E-state index contributed by atoms with van der Waals surface area (Å²) in [6.07, 6.45) is 2.36. The molecule has 7 nitrogen and oxygen atoms in total. The number of hydrogen-bond donors (Lipinski definition) is 0. The zero-order valence-corrected chi connectivity index (χ0v) is 9.31. The Balaban J connectivity index is 3.03. The molecule has 1 rings (SSSR count). The molecule has 0 aliphatic heterocycles. The SMILES string of the molecule is CS(=O)(=O)CCn1cccc([N+](=O)[O-])c1=O. The second-order valence-corrected chi connectivity index (χ2v) is 5.54. The van der Waals surface area contributed by atoms with E-state index in [0.717, 1.165) is 16.9 Å². The largest absolute Gasteiger partial charge is 0.334 e. The molecule has 0 unspecified atom stereocenters. The Kier molecular flexibility index (Phi) is 3.43. The summed E-state index contributed by atoms with van der Waals surface area (Å²) < 4.78 is 22.8. The Labute approximate surface area is 91.4 Å². The number of aryl methyl sites for hydroxylation is 1. The lowest BCUT2D eigenvalue weighted by molar-refractivity contribution is -0.386. The Bertz CT molecular complexity index is 560. The zero-order valence-electron chi connectivity index (χ0n) is 8.49. The van der Waals surface area contributed by atoms with Gasteiger partial charge in [-0.15, -0.1) is 0 Å². The average molecular weight is 246 g/mol. The maximum absolute atomic E-state index is 11.5. The van der Waals surface area contributed by atoms with Crippen LogP contribution in [0.15, 0.2) is 23.1 Å². The highest BCUT2D eigenvalue weighted by molar-refractivity contribution is 7.90. The minimum absolute atomic E-state index is 0.0840. The highest BCUT2D eigenvalue weighted by Gasteiger charge is 2.14.